The van der Waals surface area contributed by atoms with Gasteiger partial charge in [0.25, 0.3) is 0 Å². The molecule has 0 amide bonds. The summed E-state index contributed by atoms with van der Waals surface area (Å²) in [6, 6.07) is 6.01. The Bertz CT molecular complexity index is 532. The zero-order valence-electron chi connectivity index (χ0n) is 11.2. The number of nitrogens with zero attached hydrogens (tertiary/aromatic N) is 2. The molecule has 19 heavy (non-hydrogen) atoms. The summed E-state index contributed by atoms with van der Waals surface area (Å²) in [6.07, 6.45) is 5.60. The zero-order valence-corrected chi connectivity index (χ0v) is 12.0. The van der Waals surface area contributed by atoms with Gasteiger partial charge >= 0.3 is 0 Å². The van der Waals surface area contributed by atoms with E-state index >= 15 is 0 Å². The van der Waals surface area contributed by atoms with E-state index in [1.165, 1.54) is 29.8 Å². The molecule has 1 aliphatic rings. The molecule has 0 unspecified atom stereocenters. The number of nitrogens with one attached hydrogen (secondary N) is 1. The van der Waals surface area contributed by atoms with Crippen molar-refractivity contribution >= 4 is 11.3 Å². The Morgan fingerprint density at radius 3 is 2.95 bits per heavy atom. The molecule has 3 rings (SSSR count). The van der Waals surface area contributed by atoms with Crippen molar-refractivity contribution in [3.8, 4) is 10.7 Å². The van der Waals surface area contributed by atoms with Crippen molar-refractivity contribution in [3.63, 3.8) is 0 Å². The van der Waals surface area contributed by atoms with Crippen LogP contribution in [0.4, 0.5) is 0 Å². The molecule has 4 heteroatoms. The summed E-state index contributed by atoms with van der Waals surface area (Å²) in [6.45, 7) is 4.21. The third-order valence-electron chi connectivity index (χ3n) is 3.29. The van der Waals surface area contributed by atoms with Crippen molar-refractivity contribution in [1.82, 2.24) is 15.3 Å². The summed E-state index contributed by atoms with van der Waals surface area (Å²) in [5.74, 6) is 0.701. The van der Waals surface area contributed by atoms with E-state index in [0.29, 0.717) is 5.92 Å². The van der Waals surface area contributed by atoms with Gasteiger partial charge < -0.3 is 5.32 Å². The second kappa shape index (κ2) is 5.80. The quantitative estimate of drug-likeness (QED) is 0.817. The number of rotatable bonds is 6. The van der Waals surface area contributed by atoms with E-state index in [2.05, 4.69) is 17.2 Å². The molecule has 100 valence electrons. The standard InChI is InChI=1S/C15H19N3S/c1-2-8-16-10-13-14(11-6-7-11)18-15(19-13)12-5-3-4-9-17-12/h3-5,9,11,16H,2,6-8,10H2,1H3. The summed E-state index contributed by atoms with van der Waals surface area (Å²) in [5, 5.41) is 4.55. The number of thiazole rings is 1. The minimum Gasteiger partial charge on any atom is -0.312 e. The van der Waals surface area contributed by atoms with Gasteiger partial charge in [0.05, 0.1) is 11.4 Å². The van der Waals surface area contributed by atoms with Crippen LogP contribution in [0.15, 0.2) is 24.4 Å². The topological polar surface area (TPSA) is 37.8 Å². The van der Waals surface area contributed by atoms with Crippen LogP contribution in [0.5, 0.6) is 0 Å². The van der Waals surface area contributed by atoms with Crippen LogP contribution in [-0.4, -0.2) is 16.5 Å². The first kappa shape index (κ1) is 12.8. The van der Waals surface area contributed by atoms with Crippen molar-refractivity contribution < 1.29 is 0 Å². The molecule has 2 heterocycles. The number of hydrogen-bond acceptors (Lipinski definition) is 4. The Labute approximate surface area is 118 Å². The molecule has 0 radical (unpaired) electrons. The van der Waals surface area contributed by atoms with Crippen LogP contribution in [0.25, 0.3) is 10.7 Å². The SMILES string of the molecule is CCCNCc1sc(-c2ccccn2)nc1C1CC1. The Hall–Kier alpha value is -1.26. The fraction of sp³-hybridized carbons (Fsp3) is 0.467. The number of hydrogen-bond donors (Lipinski definition) is 1. The van der Waals surface area contributed by atoms with Crippen LogP contribution in [0.3, 0.4) is 0 Å². The third kappa shape index (κ3) is 3.01. The molecule has 1 N–H and O–H groups in total. The van der Waals surface area contributed by atoms with Crippen LogP contribution in [0, 0.1) is 0 Å². The van der Waals surface area contributed by atoms with Crippen molar-refractivity contribution in [2.45, 2.75) is 38.6 Å². The maximum absolute atomic E-state index is 4.84. The predicted octanol–water partition coefficient (Wildman–Crippen LogP) is 3.58. The predicted molar refractivity (Wildman–Crippen MR) is 79.3 cm³/mol. The molecule has 2 aromatic rings. The van der Waals surface area contributed by atoms with E-state index in [1.54, 1.807) is 11.3 Å². The molecule has 0 bridgehead atoms. The van der Waals surface area contributed by atoms with E-state index in [-0.39, 0.29) is 0 Å². The van der Waals surface area contributed by atoms with Gasteiger partial charge in [-0.05, 0) is 37.9 Å². The molecular formula is C15H19N3S. The minimum atomic E-state index is 0.701. The van der Waals surface area contributed by atoms with E-state index in [4.69, 9.17) is 4.98 Å². The Morgan fingerprint density at radius 2 is 2.26 bits per heavy atom. The van der Waals surface area contributed by atoms with E-state index < -0.39 is 0 Å². The number of aromatic nitrogens is 2. The van der Waals surface area contributed by atoms with Crippen LogP contribution >= 0.6 is 11.3 Å². The van der Waals surface area contributed by atoms with Gasteiger partial charge in [-0.15, -0.1) is 11.3 Å². The van der Waals surface area contributed by atoms with Gasteiger partial charge in [0, 0.05) is 23.5 Å². The molecule has 0 atom stereocenters. The summed E-state index contributed by atoms with van der Waals surface area (Å²) in [4.78, 5) is 10.6. The first-order chi connectivity index (χ1) is 9.38. The molecular weight excluding hydrogens is 254 g/mol. The molecule has 1 saturated carbocycles. The first-order valence-corrected chi connectivity index (χ1v) is 7.82. The van der Waals surface area contributed by atoms with Gasteiger partial charge in [-0.3, -0.25) is 4.98 Å². The molecule has 0 saturated heterocycles. The summed E-state index contributed by atoms with van der Waals surface area (Å²) >= 11 is 1.80. The lowest BCUT2D eigenvalue weighted by atomic mass is 10.2. The maximum atomic E-state index is 4.84. The van der Waals surface area contributed by atoms with E-state index in [9.17, 15) is 0 Å². The first-order valence-electron chi connectivity index (χ1n) is 7.00. The molecule has 0 spiro atoms. The van der Waals surface area contributed by atoms with E-state index in [1.807, 2.05) is 24.4 Å². The van der Waals surface area contributed by atoms with Gasteiger partial charge in [-0.25, -0.2) is 4.98 Å². The Balaban J connectivity index is 1.84. The van der Waals surface area contributed by atoms with Crippen molar-refractivity contribution in [3.05, 3.63) is 35.0 Å². The van der Waals surface area contributed by atoms with Crippen LogP contribution in [0.2, 0.25) is 0 Å². The van der Waals surface area contributed by atoms with Crippen LogP contribution in [0.1, 0.15) is 42.7 Å². The highest BCUT2D eigenvalue weighted by Crippen LogP contribution is 2.43. The van der Waals surface area contributed by atoms with Gasteiger partial charge in [0.15, 0.2) is 0 Å². The minimum absolute atomic E-state index is 0.701. The highest BCUT2D eigenvalue weighted by atomic mass is 32.1. The largest absolute Gasteiger partial charge is 0.312 e. The highest BCUT2D eigenvalue weighted by Gasteiger charge is 2.29. The third-order valence-corrected chi connectivity index (χ3v) is 4.38. The Kier molecular flexibility index (Phi) is 3.89. The fourth-order valence-corrected chi connectivity index (χ4v) is 3.24. The molecule has 2 aromatic heterocycles. The number of pyridine rings is 1. The smallest absolute Gasteiger partial charge is 0.142 e. The second-order valence-electron chi connectivity index (χ2n) is 4.99. The maximum Gasteiger partial charge on any atom is 0.142 e. The van der Waals surface area contributed by atoms with E-state index in [0.717, 1.165) is 23.8 Å². The average molecular weight is 273 g/mol. The van der Waals surface area contributed by atoms with Crippen molar-refractivity contribution in [1.29, 1.82) is 0 Å². The van der Waals surface area contributed by atoms with Crippen LogP contribution in [-0.2, 0) is 6.54 Å². The second-order valence-corrected chi connectivity index (χ2v) is 6.08. The zero-order chi connectivity index (χ0) is 13.1. The molecule has 0 aromatic carbocycles. The average Bonchev–Trinajstić information content (AvgIpc) is 3.21. The van der Waals surface area contributed by atoms with Crippen LogP contribution < -0.4 is 5.32 Å². The summed E-state index contributed by atoms with van der Waals surface area (Å²) in [5.41, 5.74) is 2.31. The van der Waals surface area contributed by atoms with Crippen molar-refractivity contribution in [2.24, 2.45) is 0 Å². The van der Waals surface area contributed by atoms with Gasteiger partial charge in [-0.2, -0.15) is 0 Å². The molecule has 3 nitrogen and oxygen atoms in total. The monoisotopic (exact) mass is 273 g/mol. The lowest BCUT2D eigenvalue weighted by molar-refractivity contribution is 0.676. The fourth-order valence-electron chi connectivity index (χ4n) is 2.14. The molecule has 1 aliphatic carbocycles. The lowest BCUT2D eigenvalue weighted by Crippen LogP contribution is -2.13. The summed E-state index contributed by atoms with van der Waals surface area (Å²) in [7, 11) is 0. The molecule has 0 aliphatic heterocycles. The summed E-state index contributed by atoms with van der Waals surface area (Å²) < 4.78 is 0. The van der Waals surface area contributed by atoms with Gasteiger partial charge in [0.2, 0.25) is 0 Å². The van der Waals surface area contributed by atoms with Gasteiger partial charge in [-0.1, -0.05) is 13.0 Å². The molecule has 1 fully saturated rings. The van der Waals surface area contributed by atoms with Gasteiger partial charge in [0.1, 0.15) is 5.01 Å². The Morgan fingerprint density at radius 1 is 1.37 bits per heavy atom. The lowest BCUT2D eigenvalue weighted by Gasteiger charge is -2.01. The van der Waals surface area contributed by atoms with Crippen molar-refractivity contribution in [2.75, 3.05) is 6.54 Å². The highest BCUT2D eigenvalue weighted by molar-refractivity contribution is 7.15. The normalized spacial score (nSPS) is 14.8.